The Labute approximate surface area is 120 Å². The van der Waals surface area contributed by atoms with Crippen LogP contribution in [0.25, 0.3) is 0 Å². The van der Waals surface area contributed by atoms with Gasteiger partial charge >= 0.3 is 6.03 Å². The number of nitrogens with one attached hydrogen (secondary N) is 1. The monoisotopic (exact) mass is 277 g/mol. The van der Waals surface area contributed by atoms with E-state index in [0.29, 0.717) is 11.6 Å². The Morgan fingerprint density at radius 3 is 2.85 bits per heavy atom. The molecule has 1 saturated heterocycles. The quantitative estimate of drug-likeness (QED) is 0.922. The van der Waals surface area contributed by atoms with Crippen LogP contribution in [-0.4, -0.2) is 34.1 Å². The van der Waals surface area contributed by atoms with Crippen molar-refractivity contribution in [2.75, 3.05) is 11.9 Å². The van der Waals surface area contributed by atoms with Crippen LogP contribution in [0.15, 0.2) is 18.3 Å². The highest BCUT2D eigenvalue weighted by molar-refractivity contribution is 5.91. The van der Waals surface area contributed by atoms with Crippen molar-refractivity contribution >= 4 is 11.7 Å². The number of carbonyl (C=O) groups excluding carboxylic acids is 1. The van der Waals surface area contributed by atoms with Crippen LogP contribution in [0.4, 0.5) is 10.5 Å². The maximum absolute atomic E-state index is 12.4. The molecule has 2 heterocycles. The highest BCUT2D eigenvalue weighted by atomic mass is 16.5. The van der Waals surface area contributed by atoms with Crippen LogP contribution >= 0.6 is 0 Å². The number of likely N-dealkylation sites (tertiary alicyclic amines) is 1. The molecule has 110 valence electrons. The Morgan fingerprint density at radius 1 is 1.50 bits per heavy atom. The molecule has 1 aromatic rings. The molecule has 20 heavy (non-hydrogen) atoms. The van der Waals surface area contributed by atoms with Gasteiger partial charge in [0.1, 0.15) is 5.69 Å². The van der Waals surface area contributed by atoms with Gasteiger partial charge in [0.2, 0.25) is 5.88 Å². The summed E-state index contributed by atoms with van der Waals surface area (Å²) in [6.07, 6.45) is 3.75. The van der Waals surface area contributed by atoms with Gasteiger partial charge < -0.3 is 15.0 Å². The molecule has 0 bridgehead atoms. The first-order valence-corrected chi connectivity index (χ1v) is 7.10. The van der Waals surface area contributed by atoms with E-state index in [1.54, 1.807) is 12.3 Å². The second kappa shape index (κ2) is 5.69. The molecule has 2 amide bonds. The van der Waals surface area contributed by atoms with Gasteiger partial charge in [-0.2, -0.15) is 0 Å². The summed E-state index contributed by atoms with van der Waals surface area (Å²) in [5.74, 6) is 0.466. The topological polar surface area (TPSA) is 54.5 Å². The standard InChI is InChI=1S/C15H23N3O2/c1-11(2)20-13-12(7-5-9-16-13)17-14(19)18-10-6-8-15(18,3)4/h5,7,9,11H,6,8,10H2,1-4H3,(H,17,19). The third-order valence-corrected chi connectivity index (χ3v) is 3.51. The van der Waals surface area contributed by atoms with E-state index in [0.717, 1.165) is 19.4 Å². The van der Waals surface area contributed by atoms with Crippen molar-refractivity contribution in [2.45, 2.75) is 52.2 Å². The fourth-order valence-electron chi connectivity index (χ4n) is 2.47. The zero-order valence-corrected chi connectivity index (χ0v) is 12.6. The molecule has 1 aliphatic heterocycles. The molecular weight excluding hydrogens is 254 g/mol. The minimum Gasteiger partial charge on any atom is -0.473 e. The van der Waals surface area contributed by atoms with E-state index >= 15 is 0 Å². The van der Waals surface area contributed by atoms with Crippen LogP contribution in [0.3, 0.4) is 0 Å². The molecule has 1 aliphatic rings. The highest BCUT2D eigenvalue weighted by Gasteiger charge is 2.35. The van der Waals surface area contributed by atoms with Crippen molar-refractivity contribution in [3.63, 3.8) is 0 Å². The SMILES string of the molecule is CC(C)Oc1ncccc1NC(=O)N1CCCC1(C)C. The number of ether oxygens (including phenoxy) is 1. The molecule has 1 fully saturated rings. The third kappa shape index (κ3) is 3.21. The lowest BCUT2D eigenvalue weighted by Crippen LogP contribution is -2.45. The number of hydrogen-bond donors (Lipinski definition) is 1. The predicted octanol–water partition coefficient (Wildman–Crippen LogP) is 3.28. The molecule has 2 rings (SSSR count). The van der Waals surface area contributed by atoms with E-state index in [1.165, 1.54) is 0 Å². The lowest BCUT2D eigenvalue weighted by atomic mass is 10.0. The molecule has 0 unspecified atom stereocenters. The molecule has 0 aromatic carbocycles. The maximum atomic E-state index is 12.4. The zero-order valence-electron chi connectivity index (χ0n) is 12.6. The lowest BCUT2D eigenvalue weighted by molar-refractivity contribution is 0.178. The van der Waals surface area contributed by atoms with Crippen molar-refractivity contribution in [2.24, 2.45) is 0 Å². The van der Waals surface area contributed by atoms with Crippen LogP contribution in [0, 0.1) is 0 Å². The fraction of sp³-hybridized carbons (Fsp3) is 0.600. The van der Waals surface area contributed by atoms with E-state index < -0.39 is 0 Å². The number of anilines is 1. The zero-order chi connectivity index (χ0) is 14.8. The van der Waals surface area contributed by atoms with Gasteiger partial charge in [-0.15, -0.1) is 0 Å². The van der Waals surface area contributed by atoms with Gasteiger partial charge in [0, 0.05) is 18.3 Å². The summed E-state index contributed by atoms with van der Waals surface area (Å²) in [6.45, 7) is 8.84. The van der Waals surface area contributed by atoms with E-state index in [9.17, 15) is 4.79 Å². The summed E-state index contributed by atoms with van der Waals surface area (Å²) < 4.78 is 5.62. The number of nitrogens with zero attached hydrogens (tertiary/aromatic N) is 2. The van der Waals surface area contributed by atoms with Gasteiger partial charge in [-0.05, 0) is 52.7 Å². The molecule has 5 heteroatoms. The Bertz CT molecular complexity index is 486. The van der Waals surface area contributed by atoms with Crippen molar-refractivity contribution in [1.29, 1.82) is 0 Å². The first-order chi connectivity index (χ1) is 9.40. The average Bonchev–Trinajstić information content (AvgIpc) is 2.71. The van der Waals surface area contributed by atoms with Gasteiger partial charge in [0.15, 0.2) is 0 Å². The molecule has 0 saturated carbocycles. The van der Waals surface area contributed by atoms with Crippen LogP contribution in [0.2, 0.25) is 0 Å². The number of hydrogen-bond acceptors (Lipinski definition) is 3. The number of rotatable bonds is 3. The number of carbonyl (C=O) groups is 1. The van der Waals surface area contributed by atoms with Crippen LogP contribution in [0.1, 0.15) is 40.5 Å². The average molecular weight is 277 g/mol. The van der Waals surface area contributed by atoms with Gasteiger partial charge in [0.25, 0.3) is 0 Å². The molecule has 0 radical (unpaired) electrons. The smallest absolute Gasteiger partial charge is 0.322 e. The summed E-state index contributed by atoms with van der Waals surface area (Å²) >= 11 is 0. The van der Waals surface area contributed by atoms with Gasteiger partial charge in [-0.25, -0.2) is 9.78 Å². The van der Waals surface area contributed by atoms with Gasteiger partial charge in [-0.3, -0.25) is 0 Å². The number of urea groups is 1. The van der Waals surface area contributed by atoms with E-state index in [1.807, 2.05) is 24.8 Å². The lowest BCUT2D eigenvalue weighted by Gasteiger charge is -2.31. The Kier molecular flexibility index (Phi) is 4.16. The summed E-state index contributed by atoms with van der Waals surface area (Å²) in [5.41, 5.74) is 0.527. The molecule has 1 aromatic heterocycles. The van der Waals surface area contributed by atoms with Crippen molar-refractivity contribution in [1.82, 2.24) is 9.88 Å². The van der Waals surface area contributed by atoms with Crippen LogP contribution < -0.4 is 10.1 Å². The first kappa shape index (κ1) is 14.6. The minimum absolute atomic E-state index is 0.0174. The molecule has 0 atom stereocenters. The van der Waals surface area contributed by atoms with Crippen LogP contribution in [0.5, 0.6) is 5.88 Å². The molecule has 0 aliphatic carbocycles. The summed E-state index contributed by atoms with van der Waals surface area (Å²) in [6, 6.07) is 3.51. The van der Waals surface area contributed by atoms with Crippen molar-refractivity contribution < 1.29 is 9.53 Å². The largest absolute Gasteiger partial charge is 0.473 e. The Morgan fingerprint density at radius 2 is 2.25 bits per heavy atom. The van der Waals surface area contributed by atoms with Gasteiger partial charge in [-0.1, -0.05) is 0 Å². The molecule has 0 spiro atoms. The number of aromatic nitrogens is 1. The second-order valence-electron chi connectivity index (χ2n) is 6.02. The summed E-state index contributed by atoms with van der Waals surface area (Å²) in [7, 11) is 0. The summed E-state index contributed by atoms with van der Waals surface area (Å²) in [4.78, 5) is 18.5. The van der Waals surface area contributed by atoms with Crippen molar-refractivity contribution in [3.8, 4) is 5.88 Å². The third-order valence-electron chi connectivity index (χ3n) is 3.51. The Hall–Kier alpha value is -1.78. The molecule has 1 N–H and O–H groups in total. The van der Waals surface area contributed by atoms with E-state index in [4.69, 9.17) is 4.74 Å². The Balaban J connectivity index is 2.12. The molecular formula is C15H23N3O2. The normalized spacial score (nSPS) is 17.4. The van der Waals surface area contributed by atoms with Gasteiger partial charge in [0.05, 0.1) is 6.10 Å². The fourth-order valence-corrected chi connectivity index (χ4v) is 2.47. The van der Waals surface area contributed by atoms with E-state index in [-0.39, 0.29) is 17.7 Å². The van der Waals surface area contributed by atoms with Crippen LogP contribution in [-0.2, 0) is 0 Å². The highest BCUT2D eigenvalue weighted by Crippen LogP contribution is 2.30. The minimum atomic E-state index is -0.0919. The number of amides is 2. The first-order valence-electron chi connectivity index (χ1n) is 7.10. The number of pyridine rings is 1. The molecule has 5 nitrogen and oxygen atoms in total. The second-order valence-corrected chi connectivity index (χ2v) is 6.02. The predicted molar refractivity (Wildman–Crippen MR) is 79.0 cm³/mol. The van der Waals surface area contributed by atoms with Crippen molar-refractivity contribution in [3.05, 3.63) is 18.3 Å². The van der Waals surface area contributed by atoms with E-state index in [2.05, 4.69) is 24.1 Å². The maximum Gasteiger partial charge on any atom is 0.322 e. The summed E-state index contributed by atoms with van der Waals surface area (Å²) in [5, 5.41) is 2.91.